The molecular formula is C14H27NO2. The molecule has 0 unspecified atom stereocenters. The van der Waals surface area contributed by atoms with E-state index >= 15 is 0 Å². The van der Waals surface area contributed by atoms with E-state index in [0.29, 0.717) is 6.54 Å². The molecule has 0 aliphatic rings. The van der Waals surface area contributed by atoms with Gasteiger partial charge >= 0.3 is 6.09 Å². The van der Waals surface area contributed by atoms with Gasteiger partial charge in [-0.3, -0.25) is 0 Å². The monoisotopic (exact) mass is 241 g/mol. The third kappa shape index (κ3) is 11.0. The van der Waals surface area contributed by atoms with Gasteiger partial charge in [-0.25, -0.2) is 4.79 Å². The quantitative estimate of drug-likeness (QED) is 0.699. The molecule has 0 atom stereocenters. The molecule has 0 rings (SSSR count). The molecule has 0 aliphatic carbocycles. The Morgan fingerprint density at radius 1 is 1.35 bits per heavy atom. The van der Waals surface area contributed by atoms with Gasteiger partial charge in [-0.1, -0.05) is 32.6 Å². The molecule has 0 saturated carbocycles. The number of allylic oxidation sites excluding steroid dienone is 1. The summed E-state index contributed by atoms with van der Waals surface area (Å²) in [5.74, 6) is 0. The third-order valence-electron chi connectivity index (χ3n) is 1.55. The Morgan fingerprint density at radius 3 is 2.18 bits per heavy atom. The van der Waals surface area contributed by atoms with Gasteiger partial charge in [0.15, 0.2) is 0 Å². The number of rotatable bonds is 3. The van der Waals surface area contributed by atoms with Crippen molar-refractivity contribution >= 4 is 6.09 Å². The van der Waals surface area contributed by atoms with Crippen molar-refractivity contribution in [3.8, 4) is 0 Å². The highest BCUT2D eigenvalue weighted by Gasteiger charge is 2.19. The van der Waals surface area contributed by atoms with Gasteiger partial charge in [-0.05, 0) is 33.3 Å². The van der Waals surface area contributed by atoms with Gasteiger partial charge in [-0.2, -0.15) is 0 Å². The van der Waals surface area contributed by atoms with Gasteiger partial charge < -0.3 is 9.64 Å². The molecule has 0 radical (unpaired) electrons. The summed E-state index contributed by atoms with van der Waals surface area (Å²) in [7, 11) is 1.70. The molecule has 0 aromatic rings. The molecule has 0 saturated heterocycles. The molecular weight excluding hydrogens is 214 g/mol. The smallest absolute Gasteiger partial charge is 0.410 e. The van der Waals surface area contributed by atoms with E-state index < -0.39 is 5.60 Å². The van der Waals surface area contributed by atoms with Crippen LogP contribution in [-0.2, 0) is 4.74 Å². The Kier molecular flexibility index (Phi) is 9.44. The zero-order valence-electron chi connectivity index (χ0n) is 12.3. The first-order valence-corrected chi connectivity index (χ1v) is 6.01. The standard InChI is InChI=1S/C12H21NO2.C2H6/c1-7-8-10(2)9-13(6)11(14)15-12(3,4)5;1-2/h7-8H,2,9H2,1,3-6H3;1-2H3/b8-7-;. The number of hydrogen-bond acceptors (Lipinski definition) is 2. The number of ether oxygens (including phenoxy) is 1. The number of carbonyl (C=O) groups is 1. The lowest BCUT2D eigenvalue weighted by molar-refractivity contribution is 0.0315. The van der Waals surface area contributed by atoms with Crippen molar-refractivity contribution in [2.75, 3.05) is 13.6 Å². The summed E-state index contributed by atoms with van der Waals surface area (Å²) in [4.78, 5) is 13.0. The molecule has 0 aliphatic heterocycles. The molecule has 0 fully saturated rings. The van der Waals surface area contributed by atoms with Crippen molar-refractivity contribution in [2.24, 2.45) is 0 Å². The largest absolute Gasteiger partial charge is 0.444 e. The fourth-order valence-corrected chi connectivity index (χ4v) is 0.997. The summed E-state index contributed by atoms with van der Waals surface area (Å²) in [5.41, 5.74) is 0.429. The van der Waals surface area contributed by atoms with Gasteiger partial charge in [0.1, 0.15) is 5.60 Å². The Bertz CT molecular complexity index is 262. The molecule has 17 heavy (non-hydrogen) atoms. The van der Waals surface area contributed by atoms with Crippen LogP contribution in [0.2, 0.25) is 0 Å². The minimum absolute atomic E-state index is 0.326. The molecule has 0 heterocycles. The summed E-state index contributed by atoms with van der Waals surface area (Å²) in [6, 6.07) is 0. The molecule has 0 N–H and O–H groups in total. The van der Waals surface area contributed by atoms with Crippen LogP contribution in [0.15, 0.2) is 24.3 Å². The molecule has 3 heteroatoms. The maximum atomic E-state index is 11.5. The summed E-state index contributed by atoms with van der Waals surface area (Å²) in [5, 5.41) is 0. The van der Waals surface area contributed by atoms with Crippen molar-refractivity contribution < 1.29 is 9.53 Å². The van der Waals surface area contributed by atoms with Crippen LogP contribution >= 0.6 is 0 Å². The van der Waals surface area contributed by atoms with Crippen LogP contribution in [0.1, 0.15) is 41.5 Å². The Morgan fingerprint density at radius 2 is 1.82 bits per heavy atom. The molecule has 3 nitrogen and oxygen atoms in total. The molecule has 0 bridgehead atoms. The average Bonchev–Trinajstić information content (AvgIpc) is 2.18. The summed E-state index contributed by atoms with van der Waals surface area (Å²) in [6.45, 7) is 15.8. The minimum Gasteiger partial charge on any atom is -0.444 e. The lowest BCUT2D eigenvalue weighted by Crippen LogP contribution is -2.35. The van der Waals surface area contributed by atoms with Gasteiger partial charge in [0.05, 0.1) is 0 Å². The SMILES string of the molecule is C=C(/C=C\C)CN(C)C(=O)OC(C)(C)C.CC. The second kappa shape index (κ2) is 8.85. The Hall–Kier alpha value is -1.25. The molecule has 100 valence electrons. The van der Waals surface area contributed by atoms with E-state index in [2.05, 4.69) is 6.58 Å². The molecule has 1 amide bonds. The zero-order valence-corrected chi connectivity index (χ0v) is 12.3. The van der Waals surface area contributed by atoms with Crippen molar-refractivity contribution in [1.82, 2.24) is 4.90 Å². The summed E-state index contributed by atoms with van der Waals surface area (Å²) in [6.07, 6.45) is 3.44. The first-order chi connectivity index (χ1) is 7.76. The van der Waals surface area contributed by atoms with Gasteiger partial charge in [0, 0.05) is 13.6 Å². The second-order valence-electron chi connectivity index (χ2n) is 4.49. The van der Waals surface area contributed by atoms with E-state index in [9.17, 15) is 4.79 Å². The maximum absolute atomic E-state index is 11.5. The van der Waals surface area contributed by atoms with E-state index in [0.717, 1.165) is 5.57 Å². The van der Waals surface area contributed by atoms with Crippen LogP contribution in [0.5, 0.6) is 0 Å². The van der Waals surface area contributed by atoms with Crippen LogP contribution < -0.4 is 0 Å². The van der Waals surface area contributed by atoms with Crippen LogP contribution in [0, 0.1) is 0 Å². The van der Waals surface area contributed by atoms with E-state index in [1.165, 1.54) is 4.90 Å². The highest BCUT2D eigenvalue weighted by Crippen LogP contribution is 2.09. The number of carbonyl (C=O) groups excluding carboxylic acids is 1. The lowest BCUT2D eigenvalue weighted by Gasteiger charge is -2.24. The van der Waals surface area contributed by atoms with Gasteiger partial charge in [0.2, 0.25) is 0 Å². The van der Waals surface area contributed by atoms with E-state index in [1.807, 2.05) is 53.7 Å². The summed E-state index contributed by atoms with van der Waals surface area (Å²) < 4.78 is 5.20. The maximum Gasteiger partial charge on any atom is 0.410 e. The van der Waals surface area contributed by atoms with Gasteiger partial charge in [-0.15, -0.1) is 0 Å². The fraction of sp³-hybridized carbons (Fsp3) is 0.643. The molecule has 0 aromatic carbocycles. The van der Waals surface area contributed by atoms with Crippen LogP contribution in [-0.4, -0.2) is 30.2 Å². The zero-order chi connectivity index (χ0) is 14.1. The number of likely N-dealkylation sites (N-methyl/N-ethyl adjacent to an activating group) is 1. The second-order valence-corrected chi connectivity index (χ2v) is 4.49. The van der Waals surface area contributed by atoms with E-state index in [1.54, 1.807) is 7.05 Å². The van der Waals surface area contributed by atoms with E-state index in [-0.39, 0.29) is 6.09 Å². The number of nitrogens with zero attached hydrogens (tertiary/aromatic N) is 1. The Labute approximate surface area is 106 Å². The first-order valence-electron chi connectivity index (χ1n) is 6.01. The van der Waals surface area contributed by atoms with E-state index in [4.69, 9.17) is 4.74 Å². The lowest BCUT2D eigenvalue weighted by atomic mass is 10.2. The molecule has 0 aromatic heterocycles. The van der Waals surface area contributed by atoms with Crippen LogP contribution in [0.3, 0.4) is 0 Å². The first kappa shape index (κ1) is 18.1. The Balaban J connectivity index is 0. The van der Waals surface area contributed by atoms with Crippen LogP contribution in [0.25, 0.3) is 0 Å². The highest BCUT2D eigenvalue weighted by atomic mass is 16.6. The average molecular weight is 241 g/mol. The fourth-order valence-electron chi connectivity index (χ4n) is 0.997. The van der Waals surface area contributed by atoms with Crippen LogP contribution in [0.4, 0.5) is 4.79 Å². The third-order valence-corrected chi connectivity index (χ3v) is 1.55. The summed E-state index contributed by atoms with van der Waals surface area (Å²) >= 11 is 0. The predicted molar refractivity (Wildman–Crippen MR) is 74.2 cm³/mol. The van der Waals surface area contributed by atoms with Crippen molar-refractivity contribution in [3.05, 3.63) is 24.3 Å². The normalized spacial score (nSPS) is 10.5. The minimum atomic E-state index is -0.451. The van der Waals surface area contributed by atoms with Gasteiger partial charge in [0.25, 0.3) is 0 Å². The molecule has 0 spiro atoms. The van der Waals surface area contributed by atoms with Crippen molar-refractivity contribution in [3.63, 3.8) is 0 Å². The predicted octanol–water partition coefficient (Wildman–Crippen LogP) is 4.01. The number of hydrogen-bond donors (Lipinski definition) is 0. The topological polar surface area (TPSA) is 29.5 Å². The highest BCUT2D eigenvalue weighted by molar-refractivity contribution is 5.68. The van der Waals surface area contributed by atoms with Crippen molar-refractivity contribution in [2.45, 2.75) is 47.1 Å². The number of amides is 1. The van der Waals surface area contributed by atoms with Crippen molar-refractivity contribution in [1.29, 1.82) is 0 Å².